The lowest BCUT2D eigenvalue weighted by atomic mass is 9.90. The van der Waals surface area contributed by atoms with Gasteiger partial charge in [-0.25, -0.2) is 4.39 Å². The highest BCUT2D eigenvalue weighted by molar-refractivity contribution is 6.11. The minimum atomic E-state index is -0.410. The second-order valence-electron chi connectivity index (χ2n) is 7.44. The summed E-state index contributed by atoms with van der Waals surface area (Å²) in [5.74, 6) is -0.0325. The van der Waals surface area contributed by atoms with E-state index in [4.69, 9.17) is 4.74 Å². The molecule has 3 aromatic rings. The third kappa shape index (κ3) is 2.87. The third-order valence-corrected chi connectivity index (χ3v) is 5.71. The lowest BCUT2D eigenvalue weighted by molar-refractivity contribution is 0.0742. The first-order chi connectivity index (χ1) is 13.2. The van der Waals surface area contributed by atoms with E-state index in [0.29, 0.717) is 23.6 Å². The summed E-state index contributed by atoms with van der Waals surface area (Å²) < 4.78 is 19.6. The molecule has 0 saturated carbocycles. The maximum atomic E-state index is 14.0. The van der Waals surface area contributed by atoms with Crippen molar-refractivity contribution >= 4 is 16.7 Å². The summed E-state index contributed by atoms with van der Waals surface area (Å²) in [7, 11) is 0. The average Bonchev–Trinajstić information content (AvgIpc) is 2.97. The predicted molar refractivity (Wildman–Crippen MR) is 103 cm³/mol. The van der Waals surface area contributed by atoms with Crippen LogP contribution in [-0.2, 0) is 11.3 Å². The van der Waals surface area contributed by atoms with Gasteiger partial charge in [-0.3, -0.25) is 4.79 Å². The fraction of sp³-hybridized carbons (Fsp3) is 0.318. The van der Waals surface area contributed by atoms with Crippen LogP contribution in [0.5, 0.6) is 0 Å². The van der Waals surface area contributed by atoms with Crippen molar-refractivity contribution in [3.63, 3.8) is 0 Å². The van der Waals surface area contributed by atoms with Crippen LogP contribution in [0.4, 0.5) is 4.39 Å². The van der Waals surface area contributed by atoms with E-state index in [-0.39, 0.29) is 12.4 Å². The van der Waals surface area contributed by atoms with E-state index in [0.717, 1.165) is 35.3 Å². The maximum Gasteiger partial charge on any atom is 0.189 e. The molecule has 0 spiro atoms. The summed E-state index contributed by atoms with van der Waals surface area (Å²) in [5.41, 5.74) is 5.25. The largest absolute Gasteiger partial charge is 0.369 e. The normalized spacial score (nSPS) is 20.0. The molecule has 0 amide bonds. The van der Waals surface area contributed by atoms with Gasteiger partial charge in [0.25, 0.3) is 0 Å². The summed E-state index contributed by atoms with van der Waals surface area (Å²) in [6.07, 6.45) is 2.42. The van der Waals surface area contributed by atoms with E-state index in [1.54, 1.807) is 0 Å². The molecule has 0 bridgehead atoms. The number of Topliss-reactive ketones (excluding diaryl/α,β-unsaturated/α-hetero) is 1. The zero-order chi connectivity index (χ0) is 18.4. The number of hydrogen-bond donors (Lipinski definition) is 2. The fourth-order valence-electron chi connectivity index (χ4n) is 4.36. The highest BCUT2D eigenvalue weighted by Gasteiger charge is 2.24. The van der Waals surface area contributed by atoms with Crippen molar-refractivity contribution in [3.05, 3.63) is 58.9 Å². The molecule has 4 nitrogen and oxygen atoms in total. The van der Waals surface area contributed by atoms with Crippen LogP contribution in [0.3, 0.4) is 0 Å². The summed E-state index contributed by atoms with van der Waals surface area (Å²) in [6, 6.07) is 11.3. The minimum absolute atomic E-state index is 0.0136. The topological polar surface area (TPSA) is 54.1 Å². The van der Waals surface area contributed by atoms with Crippen LogP contribution in [0, 0.1) is 5.82 Å². The number of halogens is 1. The molecule has 138 valence electrons. The molecule has 2 aromatic carbocycles. The monoisotopic (exact) mass is 364 g/mol. The van der Waals surface area contributed by atoms with Crippen molar-refractivity contribution in [2.45, 2.75) is 25.4 Å². The number of carbonyl (C=O) groups is 1. The van der Waals surface area contributed by atoms with Crippen molar-refractivity contribution in [2.75, 3.05) is 19.7 Å². The van der Waals surface area contributed by atoms with Gasteiger partial charge >= 0.3 is 0 Å². The Balaban J connectivity index is 1.59. The molecule has 2 aliphatic heterocycles. The summed E-state index contributed by atoms with van der Waals surface area (Å²) >= 11 is 0. The standard InChI is InChI=1S/C22H21FN2O2/c23-16-8-17-20(26)12-27-11-18-21(17)19(9-16)25-22(18)14-5-3-13(4-6-14)15-2-1-7-24-10-15/h3-6,8-9,15,24-25H,1-2,7,10-12H2. The number of hydrogen-bond acceptors (Lipinski definition) is 3. The van der Waals surface area contributed by atoms with Gasteiger partial charge in [0.15, 0.2) is 5.78 Å². The van der Waals surface area contributed by atoms with E-state index >= 15 is 0 Å². The number of H-pyrrole nitrogens is 1. The molecule has 1 saturated heterocycles. The summed E-state index contributed by atoms with van der Waals surface area (Å²) in [6.45, 7) is 2.45. The Morgan fingerprint density at radius 2 is 1.96 bits per heavy atom. The van der Waals surface area contributed by atoms with E-state index in [9.17, 15) is 9.18 Å². The molecule has 3 heterocycles. The number of aromatic amines is 1. The molecule has 1 aromatic heterocycles. The van der Waals surface area contributed by atoms with Crippen molar-refractivity contribution in [1.82, 2.24) is 10.3 Å². The van der Waals surface area contributed by atoms with Crippen molar-refractivity contribution in [2.24, 2.45) is 0 Å². The number of nitrogens with one attached hydrogen (secondary N) is 2. The Labute approximate surface area is 156 Å². The van der Waals surface area contributed by atoms with E-state index < -0.39 is 5.82 Å². The van der Waals surface area contributed by atoms with Gasteiger partial charge in [-0.15, -0.1) is 0 Å². The zero-order valence-electron chi connectivity index (χ0n) is 15.0. The van der Waals surface area contributed by atoms with Gasteiger partial charge in [0.05, 0.1) is 12.3 Å². The lowest BCUT2D eigenvalue weighted by Crippen LogP contribution is -2.28. The second kappa shape index (κ2) is 6.59. The third-order valence-electron chi connectivity index (χ3n) is 5.71. The number of carbonyl (C=O) groups excluding carboxylic acids is 1. The molecule has 1 unspecified atom stereocenters. The van der Waals surface area contributed by atoms with Crippen molar-refractivity contribution < 1.29 is 13.9 Å². The van der Waals surface area contributed by atoms with E-state index in [1.165, 1.54) is 30.5 Å². The quantitative estimate of drug-likeness (QED) is 0.718. The molecule has 5 rings (SSSR count). The Bertz CT molecular complexity index is 1020. The van der Waals surface area contributed by atoms with Crippen molar-refractivity contribution in [1.29, 1.82) is 0 Å². The van der Waals surface area contributed by atoms with Gasteiger partial charge in [-0.2, -0.15) is 0 Å². The Morgan fingerprint density at radius 1 is 1.11 bits per heavy atom. The van der Waals surface area contributed by atoms with Crippen LogP contribution in [0.1, 0.15) is 40.2 Å². The Hall–Kier alpha value is -2.50. The molecule has 2 N–H and O–H groups in total. The first-order valence-electron chi connectivity index (χ1n) is 9.47. The summed E-state index contributed by atoms with van der Waals surface area (Å²) in [5, 5.41) is 4.24. The molecular formula is C22H21FN2O2. The molecule has 1 fully saturated rings. The van der Waals surface area contributed by atoms with Crippen LogP contribution in [-0.4, -0.2) is 30.5 Å². The Morgan fingerprint density at radius 3 is 2.74 bits per heavy atom. The van der Waals surface area contributed by atoms with E-state index in [1.807, 2.05) is 0 Å². The first kappa shape index (κ1) is 16.7. The molecule has 2 aliphatic rings. The van der Waals surface area contributed by atoms with Crippen LogP contribution in [0.15, 0.2) is 36.4 Å². The highest BCUT2D eigenvalue weighted by atomic mass is 19.1. The highest BCUT2D eigenvalue weighted by Crippen LogP contribution is 2.36. The SMILES string of the molecule is O=C1COCc2c(-c3ccc(C4CCCNC4)cc3)[nH]c3cc(F)cc1c23. The number of ether oxygens (including phenoxy) is 1. The van der Waals surface area contributed by atoms with Crippen LogP contribution in [0.2, 0.25) is 0 Å². The van der Waals surface area contributed by atoms with Crippen LogP contribution >= 0.6 is 0 Å². The fourth-order valence-corrected chi connectivity index (χ4v) is 4.36. The molecule has 27 heavy (non-hydrogen) atoms. The van der Waals surface area contributed by atoms with Gasteiger partial charge < -0.3 is 15.0 Å². The smallest absolute Gasteiger partial charge is 0.189 e. The summed E-state index contributed by atoms with van der Waals surface area (Å²) in [4.78, 5) is 15.6. The van der Waals surface area contributed by atoms with Gasteiger partial charge in [0.1, 0.15) is 12.4 Å². The van der Waals surface area contributed by atoms with Gasteiger partial charge in [-0.1, -0.05) is 24.3 Å². The number of benzene rings is 2. The number of aromatic nitrogens is 1. The maximum absolute atomic E-state index is 14.0. The number of ketones is 1. The average molecular weight is 364 g/mol. The van der Waals surface area contributed by atoms with Gasteiger partial charge in [-0.05, 0) is 48.6 Å². The first-order valence-corrected chi connectivity index (χ1v) is 9.47. The van der Waals surface area contributed by atoms with Gasteiger partial charge in [0, 0.05) is 28.6 Å². The number of piperidine rings is 1. The predicted octanol–water partition coefficient (Wildman–Crippen LogP) is 4.15. The zero-order valence-corrected chi connectivity index (χ0v) is 15.0. The minimum Gasteiger partial charge on any atom is -0.369 e. The van der Waals surface area contributed by atoms with Gasteiger partial charge in [0.2, 0.25) is 0 Å². The molecule has 5 heteroatoms. The molecule has 0 radical (unpaired) electrons. The lowest BCUT2D eigenvalue weighted by Gasteiger charge is -2.23. The second-order valence-corrected chi connectivity index (χ2v) is 7.44. The van der Waals surface area contributed by atoms with E-state index in [2.05, 4.69) is 34.6 Å². The van der Waals surface area contributed by atoms with Crippen molar-refractivity contribution in [3.8, 4) is 11.3 Å². The Kier molecular flexibility index (Phi) is 4.06. The van der Waals surface area contributed by atoms with Crippen LogP contribution < -0.4 is 5.32 Å². The molecular weight excluding hydrogens is 343 g/mol. The number of rotatable bonds is 2. The molecule has 0 aliphatic carbocycles. The van der Waals surface area contributed by atoms with Crippen LogP contribution in [0.25, 0.3) is 22.2 Å². The molecule has 1 atom stereocenters.